The van der Waals surface area contributed by atoms with Gasteiger partial charge < -0.3 is 15.6 Å². The molecule has 0 fully saturated rings. The molecule has 0 amide bonds. The van der Waals surface area contributed by atoms with E-state index >= 15 is 0 Å². The number of methoxy groups -OCH3 is 1. The number of carbonyl (C=O) groups excluding carboxylic acids is 1. The number of nitrogens with two attached hydrogens (primary N) is 1. The molecule has 5 nitrogen and oxygen atoms in total. The molecule has 0 saturated carbocycles. The molecule has 1 aromatic heterocycles. The van der Waals surface area contributed by atoms with Crippen LogP contribution < -0.4 is 5.73 Å². The molecule has 1 aromatic rings. The first-order chi connectivity index (χ1) is 7.26. The van der Waals surface area contributed by atoms with Gasteiger partial charge >= 0.3 is 5.97 Å². The maximum atomic E-state index is 10.8. The lowest BCUT2D eigenvalue weighted by molar-refractivity contribution is 0.0600. The molecular weight excluding hydrogens is 196 g/mol. The van der Waals surface area contributed by atoms with Gasteiger partial charge in [-0.25, -0.2) is 4.79 Å². The van der Waals surface area contributed by atoms with E-state index in [1.54, 1.807) is 18.3 Å². The van der Waals surface area contributed by atoms with Crippen molar-refractivity contribution >= 4 is 5.97 Å². The molecule has 0 unspecified atom stereocenters. The molecule has 0 atom stereocenters. The molecule has 0 aliphatic carbocycles. The Bertz CT molecular complexity index is 263. The molecule has 84 valence electrons. The summed E-state index contributed by atoms with van der Waals surface area (Å²) in [6.07, 6.45) is 3.79. The van der Waals surface area contributed by atoms with E-state index in [9.17, 15) is 4.79 Å². The van der Waals surface area contributed by atoms with E-state index in [2.05, 4.69) is 9.72 Å². The number of ether oxygens (including phenoxy) is 1. The first-order valence-electron chi connectivity index (χ1n) is 4.55. The molecule has 0 spiro atoms. The standard InChI is InChI=1S/C7H7NO2.C3H9NO/c1-10-7(9)6-3-2-4-8-5-6;4-2-1-3-5/h2-5H,1H3;5H,1-4H2. The van der Waals surface area contributed by atoms with Crippen LogP contribution >= 0.6 is 0 Å². The summed E-state index contributed by atoms with van der Waals surface area (Å²) in [5.41, 5.74) is 5.46. The Labute approximate surface area is 88.9 Å². The number of aliphatic hydroxyl groups excluding tert-OH is 1. The second-order valence-corrected chi connectivity index (χ2v) is 2.60. The second kappa shape index (κ2) is 9.11. The van der Waals surface area contributed by atoms with E-state index in [1.807, 2.05) is 0 Å². The van der Waals surface area contributed by atoms with E-state index in [0.29, 0.717) is 12.1 Å². The van der Waals surface area contributed by atoms with Crippen LogP contribution in [0.1, 0.15) is 16.8 Å². The van der Waals surface area contributed by atoms with Gasteiger partial charge in [0.25, 0.3) is 0 Å². The van der Waals surface area contributed by atoms with Gasteiger partial charge in [-0.1, -0.05) is 0 Å². The summed E-state index contributed by atoms with van der Waals surface area (Å²) in [6, 6.07) is 3.34. The molecule has 15 heavy (non-hydrogen) atoms. The van der Waals surface area contributed by atoms with Gasteiger partial charge in [-0.05, 0) is 25.1 Å². The van der Waals surface area contributed by atoms with Gasteiger partial charge in [0.2, 0.25) is 0 Å². The zero-order valence-electron chi connectivity index (χ0n) is 8.72. The van der Waals surface area contributed by atoms with Crippen LogP contribution in [-0.4, -0.2) is 36.3 Å². The van der Waals surface area contributed by atoms with Crippen LogP contribution in [0.25, 0.3) is 0 Å². The van der Waals surface area contributed by atoms with E-state index in [1.165, 1.54) is 13.3 Å². The topological polar surface area (TPSA) is 85.4 Å². The molecule has 0 aliphatic rings. The van der Waals surface area contributed by atoms with Gasteiger partial charge in [0, 0.05) is 19.0 Å². The third kappa shape index (κ3) is 6.59. The van der Waals surface area contributed by atoms with Crippen molar-refractivity contribution in [2.75, 3.05) is 20.3 Å². The van der Waals surface area contributed by atoms with Crippen LogP contribution in [0, 0.1) is 0 Å². The molecule has 1 rings (SSSR count). The molecule has 0 radical (unpaired) electrons. The fraction of sp³-hybridized carbons (Fsp3) is 0.400. The van der Waals surface area contributed by atoms with Crippen LogP contribution in [-0.2, 0) is 4.74 Å². The van der Waals surface area contributed by atoms with E-state index < -0.39 is 0 Å². The predicted octanol–water partition coefficient (Wildman–Crippen LogP) is 0.196. The van der Waals surface area contributed by atoms with Crippen molar-refractivity contribution in [3.8, 4) is 0 Å². The number of aliphatic hydroxyl groups is 1. The Balaban J connectivity index is 0.000000336. The Morgan fingerprint density at radius 1 is 1.67 bits per heavy atom. The average Bonchev–Trinajstić information content (AvgIpc) is 2.31. The number of rotatable bonds is 3. The van der Waals surface area contributed by atoms with Gasteiger partial charge in [0.15, 0.2) is 0 Å². The highest BCUT2D eigenvalue weighted by Gasteiger charge is 2.01. The lowest BCUT2D eigenvalue weighted by atomic mass is 10.3. The molecule has 0 aliphatic heterocycles. The first-order valence-corrected chi connectivity index (χ1v) is 4.55. The number of pyridine rings is 1. The number of aromatic nitrogens is 1. The Hall–Kier alpha value is -1.46. The van der Waals surface area contributed by atoms with Crippen molar-refractivity contribution in [2.45, 2.75) is 6.42 Å². The summed E-state index contributed by atoms with van der Waals surface area (Å²) >= 11 is 0. The minimum absolute atomic E-state index is 0.219. The van der Waals surface area contributed by atoms with Crippen LogP contribution in [0.5, 0.6) is 0 Å². The van der Waals surface area contributed by atoms with Crippen molar-refractivity contribution < 1.29 is 14.6 Å². The van der Waals surface area contributed by atoms with Crippen molar-refractivity contribution in [3.63, 3.8) is 0 Å². The fourth-order valence-corrected chi connectivity index (χ4v) is 0.693. The molecule has 0 bridgehead atoms. The molecule has 5 heteroatoms. The average molecular weight is 212 g/mol. The second-order valence-electron chi connectivity index (χ2n) is 2.60. The van der Waals surface area contributed by atoms with Crippen molar-refractivity contribution in [2.24, 2.45) is 5.73 Å². The highest BCUT2D eigenvalue weighted by molar-refractivity contribution is 5.88. The number of hydrogen-bond donors (Lipinski definition) is 2. The van der Waals surface area contributed by atoms with Crippen molar-refractivity contribution in [3.05, 3.63) is 30.1 Å². The maximum absolute atomic E-state index is 10.8. The predicted molar refractivity (Wildman–Crippen MR) is 56.3 cm³/mol. The first kappa shape index (κ1) is 13.5. The van der Waals surface area contributed by atoms with Gasteiger partial charge in [0.05, 0.1) is 12.7 Å². The molecule has 0 saturated heterocycles. The van der Waals surface area contributed by atoms with Crippen LogP contribution in [0.4, 0.5) is 0 Å². The quantitative estimate of drug-likeness (QED) is 0.699. The monoisotopic (exact) mass is 212 g/mol. The summed E-state index contributed by atoms with van der Waals surface area (Å²) < 4.78 is 4.46. The van der Waals surface area contributed by atoms with Crippen LogP contribution in [0.2, 0.25) is 0 Å². The number of nitrogens with zero attached hydrogens (tertiary/aromatic N) is 1. The van der Waals surface area contributed by atoms with Gasteiger partial charge in [-0.2, -0.15) is 0 Å². The minimum Gasteiger partial charge on any atom is -0.465 e. The molecular formula is C10H16N2O3. The summed E-state index contributed by atoms with van der Waals surface area (Å²) in [6.45, 7) is 0.812. The zero-order valence-corrected chi connectivity index (χ0v) is 8.72. The molecule has 1 heterocycles. The summed E-state index contributed by atoms with van der Waals surface area (Å²) in [5.74, 6) is -0.354. The number of esters is 1. The highest BCUT2D eigenvalue weighted by atomic mass is 16.5. The van der Waals surface area contributed by atoms with Crippen molar-refractivity contribution in [1.82, 2.24) is 4.98 Å². The Morgan fingerprint density at radius 3 is 2.73 bits per heavy atom. The highest BCUT2D eigenvalue weighted by Crippen LogP contribution is 1.96. The summed E-state index contributed by atoms with van der Waals surface area (Å²) in [5, 5.41) is 7.99. The lowest BCUT2D eigenvalue weighted by Crippen LogP contribution is -2.00. The largest absolute Gasteiger partial charge is 0.465 e. The molecule has 3 N–H and O–H groups in total. The SMILES string of the molecule is COC(=O)c1cccnc1.NCCCO. The summed E-state index contributed by atoms with van der Waals surface area (Å²) in [4.78, 5) is 14.5. The fourth-order valence-electron chi connectivity index (χ4n) is 0.693. The lowest BCUT2D eigenvalue weighted by Gasteiger charge is -1.94. The third-order valence-corrected chi connectivity index (χ3v) is 1.44. The smallest absolute Gasteiger partial charge is 0.339 e. The zero-order chi connectivity index (χ0) is 11.5. The maximum Gasteiger partial charge on any atom is 0.339 e. The van der Waals surface area contributed by atoms with Gasteiger partial charge in [-0.15, -0.1) is 0 Å². The number of hydrogen-bond acceptors (Lipinski definition) is 5. The van der Waals surface area contributed by atoms with E-state index in [0.717, 1.165) is 6.42 Å². The normalized spacial score (nSPS) is 8.73. The molecule has 0 aromatic carbocycles. The van der Waals surface area contributed by atoms with E-state index in [4.69, 9.17) is 10.8 Å². The Morgan fingerprint density at radius 2 is 2.40 bits per heavy atom. The van der Waals surface area contributed by atoms with Gasteiger partial charge in [0.1, 0.15) is 0 Å². The Kier molecular flexibility index (Phi) is 8.22. The summed E-state index contributed by atoms with van der Waals surface area (Å²) in [7, 11) is 1.34. The third-order valence-electron chi connectivity index (χ3n) is 1.44. The van der Waals surface area contributed by atoms with Crippen molar-refractivity contribution in [1.29, 1.82) is 0 Å². The number of carbonyl (C=O) groups is 1. The van der Waals surface area contributed by atoms with E-state index in [-0.39, 0.29) is 12.6 Å². The minimum atomic E-state index is -0.354. The van der Waals surface area contributed by atoms with Crippen LogP contribution in [0.3, 0.4) is 0 Å². The van der Waals surface area contributed by atoms with Crippen LogP contribution in [0.15, 0.2) is 24.5 Å². The van der Waals surface area contributed by atoms with Gasteiger partial charge in [-0.3, -0.25) is 4.98 Å².